The van der Waals surface area contributed by atoms with E-state index < -0.39 is 23.8 Å². The molecule has 0 spiro atoms. The summed E-state index contributed by atoms with van der Waals surface area (Å²) in [5.74, 6) is -1.39. The Morgan fingerprint density at radius 2 is 2.06 bits per heavy atom. The van der Waals surface area contributed by atoms with Crippen LogP contribution in [0.3, 0.4) is 0 Å². The molecule has 1 aliphatic heterocycles. The van der Waals surface area contributed by atoms with E-state index in [-0.39, 0.29) is 18.1 Å². The molecule has 0 radical (unpaired) electrons. The largest absolute Gasteiger partial charge is 0.485 e. The molecule has 1 heterocycles. The van der Waals surface area contributed by atoms with Crippen LogP contribution in [-0.2, 0) is 11.0 Å². The number of hydrogen-bond donors (Lipinski definition) is 1. The highest BCUT2D eigenvalue weighted by molar-refractivity contribution is 5.73. The Hall–Kier alpha value is -1.92. The number of aliphatic carboxylic acids is 1. The molecular formula is C10H7F3O4. The first-order chi connectivity index (χ1) is 7.88. The van der Waals surface area contributed by atoms with Gasteiger partial charge in [-0.3, -0.25) is 0 Å². The first-order valence-corrected chi connectivity index (χ1v) is 4.61. The standard InChI is InChI=1S/C10H7F3O4/c11-10(12,13)5-1-2-6-7(3-5)17-8(4-16-6)9(14)15/h1-3,8H,4H2,(H,14,15)/t8-/m0/s1. The Morgan fingerprint density at radius 1 is 1.35 bits per heavy atom. The van der Waals surface area contributed by atoms with Crippen molar-refractivity contribution in [3.63, 3.8) is 0 Å². The molecule has 2 rings (SSSR count). The smallest absolute Gasteiger partial charge is 0.416 e. The van der Waals surface area contributed by atoms with E-state index in [0.717, 1.165) is 18.2 Å². The van der Waals surface area contributed by atoms with E-state index in [1.165, 1.54) is 0 Å². The Morgan fingerprint density at radius 3 is 2.65 bits per heavy atom. The molecule has 4 nitrogen and oxygen atoms in total. The van der Waals surface area contributed by atoms with E-state index >= 15 is 0 Å². The Labute approximate surface area is 93.6 Å². The van der Waals surface area contributed by atoms with Crippen LogP contribution in [0.1, 0.15) is 5.56 Å². The number of carboxylic acids is 1. The maximum Gasteiger partial charge on any atom is 0.416 e. The molecule has 1 aliphatic rings. The lowest BCUT2D eigenvalue weighted by molar-refractivity contribution is -0.147. The van der Waals surface area contributed by atoms with E-state index in [4.69, 9.17) is 14.6 Å². The third-order valence-corrected chi connectivity index (χ3v) is 2.21. The fourth-order valence-electron chi connectivity index (χ4n) is 1.37. The molecule has 1 N–H and O–H groups in total. The molecule has 17 heavy (non-hydrogen) atoms. The van der Waals surface area contributed by atoms with Crippen molar-refractivity contribution in [2.45, 2.75) is 12.3 Å². The molecule has 7 heteroatoms. The lowest BCUT2D eigenvalue weighted by Crippen LogP contribution is -2.36. The number of fused-ring (bicyclic) bond motifs is 1. The molecule has 0 unspecified atom stereocenters. The topological polar surface area (TPSA) is 55.8 Å². The number of benzene rings is 1. The summed E-state index contributed by atoms with van der Waals surface area (Å²) in [5.41, 5.74) is -0.911. The minimum Gasteiger partial charge on any atom is -0.485 e. The second-order valence-electron chi connectivity index (χ2n) is 3.42. The minimum absolute atomic E-state index is 0.107. The zero-order valence-corrected chi connectivity index (χ0v) is 8.32. The molecule has 0 saturated heterocycles. The number of rotatable bonds is 1. The summed E-state index contributed by atoms with van der Waals surface area (Å²) in [6.07, 6.45) is -5.79. The zero-order valence-electron chi connectivity index (χ0n) is 8.32. The van der Waals surface area contributed by atoms with E-state index in [2.05, 4.69) is 0 Å². The average molecular weight is 248 g/mol. The molecule has 0 fully saturated rings. The third kappa shape index (κ3) is 2.27. The summed E-state index contributed by atoms with van der Waals surface area (Å²) in [6, 6.07) is 2.68. The predicted molar refractivity (Wildman–Crippen MR) is 49.0 cm³/mol. The molecular weight excluding hydrogens is 241 g/mol. The van der Waals surface area contributed by atoms with Crippen LogP contribution in [-0.4, -0.2) is 23.8 Å². The van der Waals surface area contributed by atoms with Crippen molar-refractivity contribution in [1.82, 2.24) is 0 Å². The molecule has 1 aromatic rings. The summed E-state index contributed by atoms with van der Waals surface area (Å²) in [4.78, 5) is 10.6. The monoisotopic (exact) mass is 248 g/mol. The second-order valence-corrected chi connectivity index (χ2v) is 3.42. The summed E-state index contributed by atoms with van der Waals surface area (Å²) in [7, 11) is 0. The normalized spacial score (nSPS) is 18.9. The van der Waals surface area contributed by atoms with Gasteiger partial charge in [0.05, 0.1) is 5.56 Å². The molecule has 1 atom stereocenters. The van der Waals surface area contributed by atoms with E-state index in [9.17, 15) is 18.0 Å². The van der Waals surface area contributed by atoms with Crippen LogP contribution in [0.25, 0.3) is 0 Å². The maximum atomic E-state index is 12.4. The second kappa shape index (κ2) is 3.83. The van der Waals surface area contributed by atoms with E-state index in [1.807, 2.05) is 0 Å². The highest BCUT2D eigenvalue weighted by atomic mass is 19.4. The maximum absolute atomic E-state index is 12.4. The third-order valence-electron chi connectivity index (χ3n) is 2.21. The summed E-state index contributed by atoms with van der Waals surface area (Å²) < 4.78 is 47.1. The lowest BCUT2D eigenvalue weighted by Gasteiger charge is -2.24. The molecule has 0 saturated carbocycles. The minimum atomic E-state index is -4.51. The Balaban J connectivity index is 2.32. The van der Waals surface area contributed by atoms with Gasteiger partial charge in [0, 0.05) is 0 Å². The number of carboxylic acid groups (broad SMARTS) is 1. The highest BCUT2D eigenvalue weighted by Gasteiger charge is 2.34. The number of carbonyl (C=O) groups is 1. The Kier molecular flexibility index (Phi) is 2.60. The highest BCUT2D eigenvalue weighted by Crippen LogP contribution is 2.38. The predicted octanol–water partition coefficient (Wildman–Crippen LogP) is 1.93. The SMILES string of the molecule is O=C(O)[C@@H]1COc2ccc(C(F)(F)F)cc2O1. The van der Waals surface area contributed by atoms with Gasteiger partial charge in [0.2, 0.25) is 6.10 Å². The van der Waals surface area contributed by atoms with Gasteiger partial charge in [-0.15, -0.1) is 0 Å². The summed E-state index contributed by atoms with van der Waals surface area (Å²) in [6.45, 7) is -0.228. The molecule has 0 amide bonds. The van der Waals surface area contributed by atoms with Gasteiger partial charge < -0.3 is 14.6 Å². The van der Waals surface area contributed by atoms with Gasteiger partial charge in [-0.2, -0.15) is 13.2 Å². The van der Waals surface area contributed by atoms with E-state index in [0.29, 0.717) is 0 Å². The number of halogens is 3. The van der Waals surface area contributed by atoms with Gasteiger partial charge in [0.1, 0.15) is 6.61 Å². The van der Waals surface area contributed by atoms with Crippen molar-refractivity contribution < 1.29 is 32.5 Å². The van der Waals surface area contributed by atoms with Crippen LogP contribution in [0.4, 0.5) is 13.2 Å². The molecule has 0 aliphatic carbocycles. The van der Waals surface area contributed by atoms with Crippen molar-refractivity contribution in [1.29, 1.82) is 0 Å². The average Bonchev–Trinajstić information content (AvgIpc) is 2.26. The summed E-state index contributed by atoms with van der Waals surface area (Å²) in [5, 5.41) is 8.67. The van der Waals surface area contributed by atoms with Crippen molar-refractivity contribution in [2.24, 2.45) is 0 Å². The summed E-state index contributed by atoms with van der Waals surface area (Å²) >= 11 is 0. The number of ether oxygens (including phenoxy) is 2. The number of alkyl halides is 3. The van der Waals surface area contributed by atoms with Crippen LogP contribution in [0, 0.1) is 0 Å². The molecule has 92 valence electrons. The van der Waals surface area contributed by atoms with Crippen LogP contribution in [0.15, 0.2) is 18.2 Å². The Bertz CT molecular complexity index is 455. The van der Waals surface area contributed by atoms with Crippen molar-refractivity contribution in [3.05, 3.63) is 23.8 Å². The molecule has 0 aromatic heterocycles. The van der Waals surface area contributed by atoms with Gasteiger partial charge in [0.15, 0.2) is 11.5 Å². The van der Waals surface area contributed by atoms with Gasteiger partial charge in [-0.05, 0) is 18.2 Å². The van der Waals surface area contributed by atoms with Crippen molar-refractivity contribution in [3.8, 4) is 11.5 Å². The first-order valence-electron chi connectivity index (χ1n) is 4.61. The van der Waals surface area contributed by atoms with Crippen molar-refractivity contribution in [2.75, 3.05) is 6.61 Å². The fourth-order valence-corrected chi connectivity index (χ4v) is 1.37. The van der Waals surface area contributed by atoms with Crippen molar-refractivity contribution >= 4 is 5.97 Å². The van der Waals surface area contributed by atoms with E-state index in [1.54, 1.807) is 0 Å². The van der Waals surface area contributed by atoms with Crippen LogP contribution < -0.4 is 9.47 Å². The van der Waals surface area contributed by atoms with Gasteiger partial charge in [0.25, 0.3) is 0 Å². The molecule has 0 bridgehead atoms. The van der Waals surface area contributed by atoms with Crippen LogP contribution in [0.5, 0.6) is 11.5 Å². The molecule has 1 aromatic carbocycles. The quantitative estimate of drug-likeness (QED) is 0.825. The zero-order chi connectivity index (χ0) is 12.6. The van der Waals surface area contributed by atoms with Gasteiger partial charge in [-0.1, -0.05) is 0 Å². The fraction of sp³-hybridized carbons (Fsp3) is 0.300. The van der Waals surface area contributed by atoms with Crippen LogP contribution >= 0.6 is 0 Å². The lowest BCUT2D eigenvalue weighted by atomic mass is 10.2. The first kappa shape index (κ1) is 11.6. The van der Waals surface area contributed by atoms with Gasteiger partial charge >= 0.3 is 12.1 Å². The number of hydrogen-bond acceptors (Lipinski definition) is 3. The van der Waals surface area contributed by atoms with Gasteiger partial charge in [-0.25, -0.2) is 4.79 Å². The van der Waals surface area contributed by atoms with Crippen LogP contribution in [0.2, 0.25) is 0 Å².